The van der Waals surface area contributed by atoms with E-state index in [1.54, 1.807) is 13.4 Å². The Labute approximate surface area is 175 Å². The molecule has 0 aliphatic rings. The maximum absolute atomic E-state index is 7.46. The summed E-state index contributed by atoms with van der Waals surface area (Å²) >= 11 is 1.33. The number of aromatic nitrogens is 2. The predicted molar refractivity (Wildman–Crippen MR) is 118 cm³/mol. The van der Waals surface area contributed by atoms with Crippen LogP contribution < -0.4 is 4.74 Å². The number of methoxy groups -OCH3 is 1. The summed E-state index contributed by atoms with van der Waals surface area (Å²) in [6, 6.07) is 11.7. The van der Waals surface area contributed by atoms with Crippen LogP contribution in [0.2, 0.25) is 0 Å². The largest absolute Gasteiger partial charge is 0.504 e. The van der Waals surface area contributed by atoms with Crippen molar-refractivity contribution >= 4 is 23.3 Å². The fraction of sp³-hybridized carbons (Fsp3) is 0.261. The van der Waals surface area contributed by atoms with Crippen LogP contribution >= 0.6 is 11.5 Å². The second-order valence-corrected chi connectivity index (χ2v) is 7.40. The Morgan fingerprint density at radius 1 is 1.24 bits per heavy atom. The Morgan fingerprint density at radius 3 is 2.76 bits per heavy atom. The van der Waals surface area contributed by atoms with Gasteiger partial charge in [0.15, 0.2) is 5.82 Å². The van der Waals surface area contributed by atoms with Crippen molar-refractivity contribution in [1.82, 2.24) is 9.36 Å². The van der Waals surface area contributed by atoms with Gasteiger partial charge in [0, 0.05) is 11.1 Å². The number of hydrogen-bond acceptors (Lipinski definition) is 5. The maximum atomic E-state index is 7.46. The Hall–Kier alpha value is -3.17. The molecule has 0 unspecified atom stereocenters. The zero-order chi connectivity index (χ0) is 20.8. The van der Waals surface area contributed by atoms with E-state index in [1.165, 1.54) is 17.1 Å². The van der Waals surface area contributed by atoms with E-state index in [0.29, 0.717) is 17.3 Å². The average molecular weight is 406 g/mol. The molecule has 3 rings (SSSR count). The first-order valence-electron chi connectivity index (χ1n) is 9.41. The maximum Gasteiger partial charge on any atom is 0.228 e. The van der Waals surface area contributed by atoms with Crippen molar-refractivity contribution in [2.24, 2.45) is 0 Å². The van der Waals surface area contributed by atoms with E-state index in [1.807, 2.05) is 50.3 Å². The molecule has 0 saturated heterocycles. The molecule has 6 heteroatoms. The second-order valence-electron chi connectivity index (χ2n) is 6.65. The molecule has 0 saturated carbocycles. The predicted octanol–water partition coefficient (Wildman–Crippen LogP) is 6.39. The topological polar surface area (TPSA) is 48.6 Å². The van der Waals surface area contributed by atoms with Crippen LogP contribution in [0.1, 0.15) is 31.9 Å². The number of hydrogen-bond donors (Lipinski definition) is 0. The molecule has 0 bridgehead atoms. The van der Waals surface area contributed by atoms with Crippen LogP contribution in [-0.4, -0.2) is 22.6 Å². The van der Waals surface area contributed by atoms with Gasteiger partial charge in [0.1, 0.15) is 10.8 Å². The lowest BCUT2D eigenvalue weighted by atomic mass is 9.98. The highest BCUT2D eigenvalue weighted by Gasteiger charge is 2.15. The Balaban J connectivity index is 1.98. The third-order valence-electron chi connectivity index (χ3n) is 4.31. The molecule has 0 spiro atoms. The van der Waals surface area contributed by atoms with E-state index in [4.69, 9.17) is 21.0 Å². The minimum Gasteiger partial charge on any atom is -0.504 e. The first-order chi connectivity index (χ1) is 14.1. The fourth-order valence-corrected chi connectivity index (χ4v) is 3.72. The van der Waals surface area contributed by atoms with Gasteiger partial charge in [0.25, 0.3) is 0 Å². The van der Waals surface area contributed by atoms with Crippen LogP contribution in [0, 0.1) is 6.57 Å². The highest BCUT2D eigenvalue weighted by molar-refractivity contribution is 7.09. The lowest BCUT2D eigenvalue weighted by molar-refractivity contribution is 0.244. The monoisotopic (exact) mass is 405 g/mol. The minimum absolute atomic E-state index is 0.0152. The van der Waals surface area contributed by atoms with Crippen molar-refractivity contribution < 1.29 is 9.47 Å². The molecule has 0 atom stereocenters. The van der Waals surface area contributed by atoms with Gasteiger partial charge in [-0.25, -0.2) is 9.83 Å². The molecule has 29 heavy (non-hydrogen) atoms. The van der Waals surface area contributed by atoms with Gasteiger partial charge in [-0.3, -0.25) is 0 Å². The van der Waals surface area contributed by atoms with Crippen LogP contribution in [0.3, 0.4) is 0 Å². The molecule has 0 amide bonds. The lowest BCUT2D eigenvalue weighted by Gasteiger charge is -2.11. The quantitative estimate of drug-likeness (QED) is 0.337. The van der Waals surface area contributed by atoms with Crippen LogP contribution in [0.25, 0.3) is 32.9 Å². The van der Waals surface area contributed by atoms with E-state index >= 15 is 0 Å². The zero-order valence-corrected chi connectivity index (χ0v) is 17.8. The lowest BCUT2D eigenvalue weighted by Crippen LogP contribution is -2.05. The number of nitrogens with zero attached hydrogens (tertiary/aromatic N) is 3. The highest BCUT2D eigenvalue weighted by atomic mass is 32.1. The van der Waals surface area contributed by atoms with E-state index in [9.17, 15) is 0 Å². The summed E-state index contributed by atoms with van der Waals surface area (Å²) < 4.78 is 15.4. The van der Waals surface area contributed by atoms with Crippen molar-refractivity contribution in [3.63, 3.8) is 0 Å². The van der Waals surface area contributed by atoms with Crippen LogP contribution in [0.15, 0.2) is 42.7 Å². The average Bonchev–Trinajstić information content (AvgIpc) is 3.21. The summed E-state index contributed by atoms with van der Waals surface area (Å²) in [6.45, 7) is 13.5. The van der Waals surface area contributed by atoms with Crippen LogP contribution in [0.4, 0.5) is 5.69 Å². The van der Waals surface area contributed by atoms with Crippen molar-refractivity contribution in [1.29, 1.82) is 0 Å². The number of ether oxygens (including phenoxy) is 2. The molecule has 0 fully saturated rings. The third kappa shape index (κ3) is 4.64. The zero-order valence-electron chi connectivity index (χ0n) is 17.0. The van der Waals surface area contributed by atoms with Crippen molar-refractivity contribution in [3.8, 4) is 27.7 Å². The molecule has 1 aromatic heterocycles. The van der Waals surface area contributed by atoms with Crippen molar-refractivity contribution in [2.45, 2.75) is 33.3 Å². The van der Waals surface area contributed by atoms with Gasteiger partial charge < -0.3 is 9.47 Å². The van der Waals surface area contributed by atoms with Crippen molar-refractivity contribution in [3.05, 3.63) is 65.2 Å². The number of rotatable bonds is 7. The van der Waals surface area contributed by atoms with Gasteiger partial charge >= 0.3 is 0 Å². The molecule has 0 radical (unpaired) electrons. The fourth-order valence-electron chi connectivity index (χ4n) is 3.05. The summed E-state index contributed by atoms with van der Waals surface area (Å²) in [5.74, 6) is 1.29. The summed E-state index contributed by atoms with van der Waals surface area (Å²) in [6.07, 6.45) is 4.49. The minimum atomic E-state index is 0.0152. The summed E-state index contributed by atoms with van der Waals surface area (Å²) in [7, 11) is 1.63. The second kappa shape index (κ2) is 9.35. The molecule has 0 N–H and O–H groups in total. The van der Waals surface area contributed by atoms with Gasteiger partial charge in [0.2, 0.25) is 5.69 Å². The molecule has 0 aliphatic heterocycles. The summed E-state index contributed by atoms with van der Waals surface area (Å²) in [5, 5.41) is 0.779. The van der Waals surface area contributed by atoms with E-state index in [0.717, 1.165) is 28.1 Å². The summed E-state index contributed by atoms with van der Waals surface area (Å²) in [5.41, 5.74) is 4.62. The van der Waals surface area contributed by atoms with Gasteiger partial charge in [-0.1, -0.05) is 31.2 Å². The first kappa shape index (κ1) is 20.6. The van der Waals surface area contributed by atoms with Gasteiger partial charge in [0.05, 0.1) is 26.0 Å². The molecule has 5 nitrogen and oxygen atoms in total. The standard InChI is InChI=1S/C23H23N3O2S/c1-6-18-16(12-13-27-5)8-7-9-19(18)22-25-23(29-26-22)17-10-11-21(28-15(2)3)20(14-17)24-4/h7-15H,6H2,1-3,5H3/b13-12+. The molecule has 0 aliphatic carbocycles. The van der Waals surface area contributed by atoms with E-state index in [2.05, 4.69) is 22.2 Å². The first-order valence-corrected chi connectivity index (χ1v) is 10.2. The van der Waals surface area contributed by atoms with E-state index < -0.39 is 0 Å². The Kier molecular flexibility index (Phi) is 6.63. The Morgan fingerprint density at radius 2 is 2.07 bits per heavy atom. The molecular formula is C23H23N3O2S. The van der Waals surface area contributed by atoms with Gasteiger partial charge in [-0.2, -0.15) is 4.37 Å². The van der Waals surface area contributed by atoms with Gasteiger partial charge in [-0.05, 0) is 61.1 Å². The molecular weight excluding hydrogens is 382 g/mol. The van der Waals surface area contributed by atoms with Crippen LogP contribution in [0.5, 0.6) is 5.75 Å². The Bertz CT molecular complexity index is 1060. The SMILES string of the molecule is [C-]#[N+]c1cc(-c2nc(-c3cccc(/C=C/OC)c3CC)ns2)ccc1OC(C)C. The van der Waals surface area contributed by atoms with Crippen molar-refractivity contribution in [2.75, 3.05) is 7.11 Å². The number of benzene rings is 2. The normalized spacial score (nSPS) is 11.0. The smallest absolute Gasteiger partial charge is 0.228 e. The highest BCUT2D eigenvalue weighted by Crippen LogP contribution is 2.35. The molecule has 1 heterocycles. The molecule has 148 valence electrons. The van der Waals surface area contributed by atoms with Gasteiger partial charge in [-0.15, -0.1) is 0 Å². The van der Waals surface area contributed by atoms with Crippen LogP contribution in [-0.2, 0) is 11.2 Å². The molecule has 2 aromatic carbocycles. The third-order valence-corrected chi connectivity index (χ3v) is 5.07. The summed E-state index contributed by atoms with van der Waals surface area (Å²) in [4.78, 5) is 8.36. The molecule has 3 aromatic rings. The van der Waals surface area contributed by atoms with E-state index in [-0.39, 0.29) is 6.10 Å².